The third-order valence-corrected chi connectivity index (χ3v) is 18.7. The highest BCUT2D eigenvalue weighted by Gasteiger charge is 2.50. The van der Waals surface area contributed by atoms with E-state index in [2.05, 4.69) is 47.5 Å². The Morgan fingerprint density at radius 1 is 0.523 bits per heavy atom. The Kier molecular flexibility index (Phi) is 16.3. The lowest BCUT2D eigenvalue weighted by Crippen LogP contribution is -2.46. The molecule has 8 N–H and O–H groups in total. The summed E-state index contributed by atoms with van der Waals surface area (Å²) >= 11 is 0. The first-order chi connectivity index (χ1) is 41.3. The predicted octanol–water partition coefficient (Wildman–Crippen LogP) is 10.6. The fraction of sp³-hybridized carbons (Fsp3) is 0.448. The molecular weight excluding hydrogens is 1120 g/mol. The van der Waals surface area contributed by atoms with Crippen LogP contribution in [0, 0.1) is 0 Å². The van der Waals surface area contributed by atoms with E-state index in [9.17, 15) is 43.8 Å². The fourth-order valence-electron chi connectivity index (χ4n) is 13.8. The Morgan fingerprint density at radius 2 is 0.864 bits per heavy atom. The number of aromatic nitrogens is 7. The molecule has 3 aliphatic heterocycles. The number of aliphatic carboxylic acids is 2. The van der Waals surface area contributed by atoms with Crippen molar-refractivity contribution in [1.82, 2.24) is 35.3 Å². The average molecular weight is 1200 g/mol. The van der Waals surface area contributed by atoms with Crippen LogP contribution in [0.3, 0.4) is 0 Å². The first-order valence-corrected chi connectivity index (χ1v) is 30.2. The number of esters is 1. The molecule has 0 saturated heterocycles. The number of fused-ring (bicyclic) bond motifs is 16. The van der Waals surface area contributed by atoms with Crippen molar-refractivity contribution in [1.29, 1.82) is 0 Å². The lowest BCUT2D eigenvalue weighted by molar-refractivity contribution is -0.145. The molecule has 3 amide bonds. The van der Waals surface area contributed by atoms with Gasteiger partial charge < -0.3 is 35.0 Å². The second-order valence-corrected chi connectivity index (χ2v) is 25.2. The summed E-state index contributed by atoms with van der Waals surface area (Å²) in [6.45, 7) is 20.0. The molecule has 21 heteroatoms. The fourth-order valence-corrected chi connectivity index (χ4v) is 13.8. The number of benzene rings is 3. The lowest BCUT2D eigenvalue weighted by atomic mass is 9.85. The molecule has 0 radical (unpaired) electrons. The summed E-state index contributed by atoms with van der Waals surface area (Å²) in [4.78, 5) is 102. The number of carboxylic acid groups (broad SMARTS) is 2. The first kappa shape index (κ1) is 62.2. The van der Waals surface area contributed by atoms with Crippen molar-refractivity contribution < 1.29 is 53.6 Å². The summed E-state index contributed by atoms with van der Waals surface area (Å²) in [5.74, 6) is -2.77. The molecule has 8 heterocycles. The van der Waals surface area contributed by atoms with Crippen LogP contribution in [0.4, 0.5) is 17.1 Å². The molecule has 0 saturated carbocycles. The minimum Gasteiger partial charge on any atom is -0.480 e. The lowest BCUT2D eigenvalue weighted by Gasteiger charge is -2.25. The number of anilines is 3. The number of aryl methyl sites for hydroxylation is 5. The van der Waals surface area contributed by atoms with E-state index in [1.807, 2.05) is 78.2 Å². The number of rotatable bonds is 7. The molecule has 464 valence electrons. The van der Waals surface area contributed by atoms with Crippen molar-refractivity contribution in [2.45, 2.75) is 182 Å². The van der Waals surface area contributed by atoms with E-state index in [0.29, 0.717) is 30.1 Å². The maximum absolute atomic E-state index is 13.3. The number of hydrogen-bond acceptors (Lipinski definition) is 11. The Labute approximate surface area is 510 Å². The van der Waals surface area contributed by atoms with Gasteiger partial charge in [-0.15, -0.1) is 0 Å². The van der Waals surface area contributed by atoms with Crippen molar-refractivity contribution in [3.05, 3.63) is 99.0 Å². The topological polar surface area (TPSA) is 304 Å². The van der Waals surface area contributed by atoms with Crippen LogP contribution < -0.4 is 14.7 Å². The van der Waals surface area contributed by atoms with E-state index >= 15 is 0 Å². The molecule has 6 aliphatic rings. The minimum atomic E-state index is -1.04. The quantitative estimate of drug-likeness (QED) is 0.0545. The summed E-state index contributed by atoms with van der Waals surface area (Å²) in [6, 6.07) is 9.43. The van der Waals surface area contributed by atoms with Gasteiger partial charge in [0.05, 0.1) is 63.7 Å². The largest absolute Gasteiger partial charge is 0.480 e. The number of nitrogens with zero attached hydrogens (tertiary/aromatic N) is 5. The maximum Gasteiger partial charge on any atom is 0.328 e. The van der Waals surface area contributed by atoms with Crippen molar-refractivity contribution in [2.75, 3.05) is 27.9 Å². The summed E-state index contributed by atoms with van der Waals surface area (Å²) in [7, 11) is 0. The summed E-state index contributed by atoms with van der Waals surface area (Å²) in [6.07, 6.45) is 12.8. The Hall–Kier alpha value is -8.85. The number of aliphatic hydroxyl groups is 1. The number of amides is 3. The number of nitrogens with one attached hydrogen (secondary N) is 5. The average Bonchev–Trinajstić information content (AvgIpc) is 1.70. The molecule has 5 aromatic heterocycles. The molecule has 8 aromatic rings. The van der Waals surface area contributed by atoms with Gasteiger partial charge in [0, 0.05) is 62.8 Å². The minimum absolute atomic E-state index is 0. The van der Waals surface area contributed by atoms with Gasteiger partial charge in [-0.2, -0.15) is 10.2 Å². The molecule has 0 bridgehead atoms. The van der Waals surface area contributed by atoms with Crippen LogP contribution >= 0.6 is 0 Å². The number of Topliss-reactive ketones (excluding diaryl/α,β-unsaturated/α-hetero) is 1. The highest BCUT2D eigenvalue weighted by atomic mass is 16.5. The Balaban J connectivity index is 0.000000142. The van der Waals surface area contributed by atoms with Crippen LogP contribution in [0.1, 0.15) is 171 Å². The molecule has 21 nitrogen and oxygen atoms in total. The SMILES string of the molecule is C.CC(C(=O)O)N1C(=O)C(C)(C)c2cc3[nH]c4c(c3cc21)CCCCC4=O.CC(C(=O)O)N1C(=O)C(C)(C)c2cc3[nH]c4c(c3cc21)CCCc1cn[nH]c1-4.CCO.CCOC(=O)C(C)N1C(=O)C(C)(C)c2cc3[nH]c4c(c3cc21)CCCc1cn[nH]c1-4. The number of H-pyrrole nitrogens is 5. The van der Waals surface area contributed by atoms with Gasteiger partial charge in [-0.3, -0.25) is 44.1 Å². The zero-order valence-electron chi connectivity index (χ0n) is 51.2. The third-order valence-electron chi connectivity index (χ3n) is 18.7. The van der Waals surface area contributed by atoms with Crippen LogP contribution in [0.15, 0.2) is 48.8 Å². The van der Waals surface area contributed by atoms with E-state index in [4.69, 9.17) is 9.84 Å². The molecule has 88 heavy (non-hydrogen) atoms. The van der Waals surface area contributed by atoms with E-state index < -0.39 is 46.3 Å². The molecule has 3 aliphatic carbocycles. The molecule has 14 rings (SSSR count). The highest BCUT2D eigenvalue weighted by molar-refractivity contribution is 6.16. The van der Waals surface area contributed by atoms with Crippen molar-refractivity contribution in [2.24, 2.45) is 0 Å². The molecule has 3 aromatic carbocycles. The van der Waals surface area contributed by atoms with Crippen molar-refractivity contribution in [3.8, 4) is 22.8 Å². The second kappa shape index (κ2) is 23.0. The number of carbonyl (C=O) groups is 7. The monoisotopic (exact) mass is 1200 g/mol. The number of ketones is 1. The van der Waals surface area contributed by atoms with Gasteiger partial charge in [-0.05, 0) is 215 Å². The molecule has 3 atom stereocenters. The van der Waals surface area contributed by atoms with Gasteiger partial charge in [-0.25, -0.2) is 14.4 Å². The number of carboxylic acids is 2. The van der Waals surface area contributed by atoms with E-state index in [0.717, 1.165) is 141 Å². The Bertz CT molecular complexity index is 4170. The maximum atomic E-state index is 13.3. The zero-order chi connectivity index (χ0) is 62.5. The van der Waals surface area contributed by atoms with Crippen LogP contribution in [-0.4, -0.2) is 123 Å². The molecule has 0 spiro atoms. The number of carbonyl (C=O) groups excluding carboxylic acids is 5. The van der Waals surface area contributed by atoms with Gasteiger partial charge >= 0.3 is 17.9 Å². The van der Waals surface area contributed by atoms with Gasteiger partial charge in [0.2, 0.25) is 17.7 Å². The third kappa shape index (κ3) is 9.85. The van der Waals surface area contributed by atoms with E-state index in [-0.39, 0.29) is 43.5 Å². The molecular formula is C67H80N10O11. The van der Waals surface area contributed by atoms with Crippen LogP contribution in [0.25, 0.3) is 55.5 Å². The highest BCUT2D eigenvalue weighted by Crippen LogP contribution is 2.50. The second-order valence-electron chi connectivity index (χ2n) is 25.2. The summed E-state index contributed by atoms with van der Waals surface area (Å²) in [5.41, 5.74) is 16.0. The van der Waals surface area contributed by atoms with Crippen LogP contribution in [0.2, 0.25) is 0 Å². The van der Waals surface area contributed by atoms with Gasteiger partial charge in [0.25, 0.3) is 0 Å². The van der Waals surface area contributed by atoms with Gasteiger partial charge in [-0.1, -0.05) is 7.43 Å². The molecule has 3 unspecified atom stereocenters. The van der Waals surface area contributed by atoms with Crippen LogP contribution in [0.5, 0.6) is 0 Å². The smallest absolute Gasteiger partial charge is 0.328 e. The normalized spacial score (nSPS) is 18.2. The van der Waals surface area contributed by atoms with Crippen LogP contribution in [-0.2, 0) is 81.9 Å². The predicted molar refractivity (Wildman–Crippen MR) is 337 cm³/mol. The van der Waals surface area contributed by atoms with Crippen molar-refractivity contribution >= 4 is 91.2 Å². The van der Waals surface area contributed by atoms with Gasteiger partial charge in [0.1, 0.15) is 18.1 Å². The summed E-state index contributed by atoms with van der Waals surface area (Å²) < 4.78 is 5.21. The number of hydrogen-bond donors (Lipinski definition) is 8. The Morgan fingerprint density at radius 3 is 1.24 bits per heavy atom. The van der Waals surface area contributed by atoms with Gasteiger partial charge in [0.15, 0.2) is 5.78 Å². The first-order valence-electron chi connectivity index (χ1n) is 30.2. The standard InChI is InChI=1S/C23H26N4O3.C21H22N4O3.C20H22N2O4.C2H6O.CH4/c1-5-30-21(28)12(2)27-18-9-15-14-8-6-7-13-11-24-26-19(13)20(14)25-17(15)10-16(18)23(3,4)22(27)29;1-10(19(26)27)25-16-7-13-12-6-4-5-11-9-22-24-17(11)18(12)23-15(13)8-14(16)21(2,3)20(25)28;1-10(18(24)25)22-15-8-12-11-6-4-5-7-16(23)17(11)21-14(12)9-13(15)20(2,3)19(22)26;1-2-3;/h9-12,25H,5-8H2,1-4H3,(H,24,26);7-10,23H,4-6H2,1-3H3,(H,22,24)(H,26,27);8-10,21H,4-7H2,1-3H3,(H,24,25);3H,2H2,1H3;1H4. The number of aromatic amines is 5. The van der Waals surface area contributed by atoms with E-state index in [1.165, 1.54) is 39.0 Å². The van der Waals surface area contributed by atoms with Crippen molar-refractivity contribution in [3.63, 3.8) is 0 Å². The van der Waals surface area contributed by atoms with E-state index in [1.54, 1.807) is 32.6 Å². The summed E-state index contributed by atoms with van der Waals surface area (Å²) in [5, 5.41) is 44.3. The number of ether oxygens (including phenoxy) is 1. The zero-order valence-corrected chi connectivity index (χ0v) is 51.2. The molecule has 0 fully saturated rings. The number of aliphatic hydroxyl groups excluding tert-OH is 1.